The second kappa shape index (κ2) is 7.28. The van der Waals surface area contributed by atoms with Gasteiger partial charge in [-0.1, -0.05) is 49.5 Å². The Kier molecular flexibility index (Phi) is 5.40. The summed E-state index contributed by atoms with van der Waals surface area (Å²) in [6.07, 6.45) is 19.2. The quantitative estimate of drug-likeness (QED) is 0.748. The molecule has 0 aliphatic heterocycles. The molecule has 2 rings (SSSR count). The number of nitrogens with two attached hydrogens (primary N) is 2. The van der Waals surface area contributed by atoms with Crippen molar-refractivity contribution in [3.8, 4) is 0 Å². The van der Waals surface area contributed by atoms with Crippen LogP contribution in [0.4, 0.5) is 0 Å². The first-order valence-corrected chi connectivity index (χ1v) is 7.81. The highest BCUT2D eigenvalue weighted by molar-refractivity contribution is 5.48. The third-order valence-electron chi connectivity index (χ3n) is 4.14. The average molecular weight is 282 g/mol. The van der Waals surface area contributed by atoms with Gasteiger partial charge in [0.2, 0.25) is 0 Å². The van der Waals surface area contributed by atoms with Gasteiger partial charge in [0, 0.05) is 5.70 Å². The topological polar surface area (TPSA) is 52.0 Å². The van der Waals surface area contributed by atoms with Crippen LogP contribution in [0.3, 0.4) is 0 Å². The second-order valence-corrected chi connectivity index (χ2v) is 5.52. The molecule has 0 spiro atoms. The van der Waals surface area contributed by atoms with Crippen LogP contribution in [-0.2, 0) is 0 Å². The Balaban J connectivity index is 2.13. The van der Waals surface area contributed by atoms with E-state index in [1.54, 1.807) is 0 Å². The molecule has 1 unspecified atom stereocenters. The van der Waals surface area contributed by atoms with Crippen molar-refractivity contribution in [2.45, 2.75) is 45.6 Å². The Morgan fingerprint density at radius 3 is 2.62 bits per heavy atom. The standard InChI is InChI=1S/C19H26N2/c1-3-5-7-14(4-2)15-10-12-16(13-11-15)19(21)17-8-6-9-18(17)20/h4-5,7-10,12,19H,3,6,11,13,20-21H2,1-2H3/b7-5-,14-4+. The molecule has 1 atom stereocenters. The summed E-state index contributed by atoms with van der Waals surface area (Å²) in [5, 5.41) is 0. The number of rotatable bonds is 5. The third-order valence-corrected chi connectivity index (χ3v) is 4.14. The maximum atomic E-state index is 6.36. The first kappa shape index (κ1) is 15.6. The van der Waals surface area contributed by atoms with Gasteiger partial charge in [-0.05, 0) is 54.9 Å². The molecule has 0 aromatic rings. The van der Waals surface area contributed by atoms with Gasteiger partial charge in [0.05, 0.1) is 6.04 Å². The molecule has 0 bridgehead atoms. The predicted octanol–water partition coefficient (Wildman–Crippen LogP) is 4.05. The lowest BCUT2D eigenvalue weighted by molar-refractivity contribution is 0.791. The largest absolute Gasteiger partial charge is 0.399 e. The lowest BCUT2D eigenvalue weighted by Crippen LogP contribution is -2.28. The molecule has 21 heavy (non-hydrogen) atoms. The van der Waals surface area contributed by atoms with Crippen LogP contribution < -0.4 is 11.5 Å². The van der Waals surface area contributed by atoms with Crippen LogP contribution in [0.5, 0.6) is 0 Å². The van der Waals surface area contributed by atoms with E-state index in [1.807, 2.05) is 6.08 Å². The molecule has 0 saturated carbocycles. The summed E-state index contributed by atoms with van der Waals surface area (Å²) in [5.74, 6) is 0. The van der Waals surface area contributed by atoms with Gasteiger partial charge >= 0.3 is 0 Å². The van der Waals surface area contributed by atoms with E-state index < -0.39 is 0 Å². The number of hydrogen-bond donors (Lipinski definition) is 2. The molecule has 0 aromatic carbocycles. The molecule has 0 amide bonds. The number of allylic oxidation sites excluding steroid dienone is 9. The van der Waals surface area contributed by atoms with Gasteiger partial charge in [-0.3, -0.25) is 0 Å². The molecule has 112 valence electrons. The summed E-state index contributed by atoms with van der Waals surface area (Å²) in [5.41, 5.74) is 18.3. The van der Waals surface area contributed by atoms with Gasteiger partial charge in [0.1, 0.15) is 0 Å². The molecule has 0 heterocycles. The van der Waals surface area contributed by atoms with Crippen LogP contribution in [0.15, 0.2) is 70.5 Å². The fourth-order valence-corrected chi connectivity index (χ4v) is 2.84. The SMILES string of the molecule is C/C=C(\C=C/CC)C1=CC=C(C(N)C2=CCC=C2N)CC1. The summed E-state index contributed by atoms with van der Waals surface area (Å²) in [7, 11) is 0. The molecule has 2 nitrogen and oxygen atoms in total. The van der Waals surface area contributed by atoms with Crippen LogP contribution in [0, 0.1) is 0 Å². The summed E-state index contributed by atoms with van der Waals surface area (Å²) in [4.78, 5) is 0. The molecule has 2 heteroatoms. The van der Waals surface area contributed by atoms with E-state index in [0.29, 0.717) is 0 Å². The van der Waals surface area contributed by atoms with Gasteiger partial charge in [0.15, 0.2) is 0 Å². The van der Waals surface area contributed by atoms with Crippen molar-refractivity contribution in [2.24, 2.45) is 11.5 Å². The van der Waals surface area contributed by atoms with Crippen molar-refractivity contribution in [3.63, 3.8) is 0 Å². The zero-order chi connectivity index (χ0) is 15.2. The zero-order valence-electron chi connectivity index (χ0n) is 13.1. The highest BCUT2D eigenvalue weighted by Gasteiger charge is 2.20. The van der Waals surface area contributed by atoms with Gasteiger partial charge in [-0.25, -0.2) is 0 Å². The molecule has 0 saturated heterocycles. The number of hydrogen-bond acceptors (Lipinski definition) is 2. The van der Waals surface area contributed by atoms with Gasteiger partial charge in [-0.15, -0.1) is 0 Å². The van der Waals surface area contributed by atoms with E-state index in [0.717, 1.165) is 37.0 Å². The summed E-state index contributed by atoms with van der Waals surface area (Å²) in [6, 6.07) is -0.0539. The van der Waals surface area contributed by atoms with Crippen LogP contribution in [0.1, 0.15) is 39.5 Å². The van der Waals surface area contributed by atoms with Crippen molar-refractivity contribution in [3.05, 3.63) is 70.5 Å². The van der Waals surface area contributed by atoms with E-state index in [9.17, 15) is 0 Å². The highest BCUT2D eigenvalue weighted by atomic mass is 14.7. The van der Waals surface area contributed by atoms with Crippen LogP contribution in [0.2, 0.25) is 0 Å². The molecular weight excluding hydrogens is 256 g/mol. The maximum Gasteiger partial charge on any atom is 0.0531 e. The fraction of sp³-hybridized carbons (Fsp3) is 0.368. The minimum absolute atomic E-state index is 0.0539. The van der Waals surface area contributed by atoms with Crippen molar-refractivity contribution in [2.75, 3.05) is 0 Å². The average Bonchev–Trinajstić information content (AvgIpc) is 2.94. The Bertz CT molecular complexity index is 568. The maximum absolute atomic E-state index is 6.36. The zero-order valence-corrected chi connectivity index (χ0v) is 13.1. The van der Waals surface area contributed by atoms with E-state index in [2.05, 4.69) is 50.3 Å². The van der Waals surface area contributed by atoms with Gasteiger partial charge in [-0.2, -0.15) is 0 Å². The lowest BCUT2D eigenvalue weighted by Gasteiger charge is -2.22. The van der Waals surface area contributed by atoms with E-state index in [1.165, 1.54) is 16.7 Å². The predicted molar refractivity (Wildman–Crippen MR) is 91.5 cm³/mol. The Morgan fingerprint density at radius 1 is 1.29 bits per heavy atom. The minimum atomic E-state index is -0.0539. The van der Waals surface area contributed by atoms with Crippen LogP contribution >= 0.6 is 0 Å². The molecule has 2 aliphatic carbocycles. The smallest absolute Gasteiger partial charge is 0.0531 e. The van der Waals surface area contributed by atoms with Gasteiger partial charge < -0.3 is 11.5 Å². The van der Waals surface area contributed by atoms with E-state index in [-0.39, 0.29) is 6.04 Å². The Labute approximate surface area is 128 Å². The van der Waals surface area contributed by atoms with E-state index in [4.69, 9.17) is 11.5 Å². The third kappa shape index (κ3) is 3.64. The highest BCUT2D eigenvalue weighted by Crippen LogP contribution is 2.30. The van der Waals surface area contributed by atoms with Crippen LogP contribution in [0.25, 0.3) is 0 Å². The minimum Gasteiger partial charge on any atom is -0.399 e. The van der Waals surface area contributed by atoms with Crippen molar-refractivity contribution >= 4 is 0 Å². The van der Waals surface area contributed by atoms with Crippen molar-refractivity contribution in [1.29, 1.82) is 0 Å². The molecule has 0 fully saturated rings. The summed E-state index contributed by atoms with van der Waals surface area (Å²) in [6.45, 7) is 4.25. The first-order chi connectivity index (χ1) is 10.2. The van der Waals surface area contributed by atoms with Crippen LogP contribution in [-0.4, -0.2) is 6.04 Å². The Morgan fingerprint density at radius 2 is 2.10 bits per heavy atom. The molecule has 4 N–H and O–H groups in total. The normalized spacial score (nSPS) is 21.0. The first-order valence-electron chi connectivity index (χ1n) is 7.81. The molecule has 2 aliphatic rings. The monoisotopic (exact) mass is 282 g/mol. The molecule has 0 aromatic heterocycles. The van der Waals surface area contributed by atoms with Crippen molar-refractivity contribution in [1.82, 2.24) is 0 Å². The Hall–Kier alpha value is -1.80. The van der Waals surface area contributed by atoms with Gasteiger partial charge in [0.25, 0.3) is 0 Å². The second-order valence-electron chi connectivity index (χ2n) is 5.52. The van der Waals surface area contributed by atoms with E-state index >= 15 is 0 Å². The fourth-order valence-electron chi connectivity index (χ4n) is 2.84. The molecular formula is C19H26N2. The lowest BCUT2D eigenvalue weighted by atomic mass is 9.87. The van der Waals surface area contributed by atoms with Crippen molar-refractivity contribution < 1.29 is 0 Å². The summed E-state index contributed by atoms with van der Waals surface area (Å²) < 4.78 is 0. The summed E-state index contributed by atoms with van der Waals surface area (Å²) >= 11 is 0. The molecule has 0 radical (unpaired) electrons.